The number of thioether (sulfide) groups is 1. The molecule has 6 nitrogen and oxygen atoms in total. The highest BCUT2D eigenvalue weighted by Crippen LogP contribution is 2.27. The lowest BCUT2D eigenvalue weighted by Gasteiger charge is -2.14. The number of rotatable bonds is 7. The molecule has 1 aromatic rings. The molecular formula is C13H18N2O4S2. The van der Waals surface area contributed by atoms with Crippen LogP contribution in [0, 0.1) is 6.92 Å². The molecule has 0 spiro atoms. The van der Waals surface area contributed by atoms with Crippen LogP contribution in [0.1, 0.15) is 28.6 Å². The average Bonchev–Trinajstić information content (AvgIpc) is 2.73. The van der Waals surface area contributed by atoms with E-state index in [1.807, 2.05) is 13.2 Å². The first kappa shape index (κ1) is 17.5. The van der Waals surface area contributed by atoms with E-state index < -0.39 is 17.9 Å². The molecule has 1 unspecified atom stereocenters. The van der Waals surface area contributed by atoms with Crippen LogP contribution in [-0.2, 0) is 9.59 Å². The van der Waals surface area contributed by atoms with Gasteiger partial charge in [-0.1, -0.05) is 0 Å². The van der Waals surface area contributed by atoms with Gasteiger partial charge in [0.1, 0.15) is 11.0 Å². The Morgan fingerprint density at radius 1 is 1.43 bits per heavy atom. The predicted octanol–water partition coefficient (Wildman–Crippen LogP) is 1.95. The van der Waals surface area contributed by atoms with E-state index in [0.717, 1.165) is 4.88 Å². The minimum absolute atomic E-state index is 0.275. The summed E-state index contributed by atoms with van der Waals surface area (Å²) in [4.78, 5) is 35.4. The van der Waals surface area contributed by atoms with Crippen LogP contribution >= 0.6 is 23.1 Å². The lowest BCUT2D eigenvalue weighted by Crippen LogP contribution is -2.41. The average molecular weight is 330 g/mol. The third-order valence-electron chi connectivity index (χ3n) is 2.60. The van der Waals surface area contributed by atoms with Gasteiger partial charge >= 0.3 is 5.97 Å². The SMILES string of the molecule is CSCCC(NC(=O)c1cc(C)sc1NC(C)=O)C(=O)O. The molecule has 0 aliphatic carbocycles. The van der Waals surface area contributed by atoms with Crippen molar-refractivity contribution in [2.75, 3.05) is 17.3 Å². The van der Waals surface area contributed by atoms with Crippen molar-refractivity contribution in [3.8, 4) is 0 Å². The molecule has 0 radical (unpaired) electrons. The van der Waals surface area contributed by atoms with Crippen LogP contribution in [0.4, 0.5) is 5.00 Å². The van der Waals surface area contributed by atoms with E-state index in [1.54, 1.807) is 6.07 Å². The molecule has 1 aromatic heterocycles. The molecule has 0 fully saturated rings. The van der Waals surface area contributed by atoms with Crippen molar-refractivity contribution in [2.45, 2.75) is 26.3 Å². The topological polar surface area (TPSA) is 95.5 Å². The third kappa shape index (κ3) is 5.39. The maximum absolute atomic E-state index is 12.2. The first-order chi connectivity index (χ1) is 9.85. The largest absolute Gasteiger partial charge is 0.480 e. The van der Waals surface area contributed by atoms with Crippen molar-refractivity contribution in [2.24, 2.45) is 0 Å². The van der Waals surface area contributed by atoms with Gasteiger partial charge in [-0.2, -0.15) is 11.8 Å². The lowest BCUT2D eigenvalue weighted by atomic mass is 10.2. The van der Waals surface area contributed by atoms with Gasteiger partial charge in [-0.25, -0.2) is 4.79 Å². The molecule has 1 atom stereocenters. The van der Waals surface area contributed by atoms with Crippen LogP contribution in [0.25, 0.3) is 0 Å². The molecule has 0 bridgehead atoms. The van der Waals surface area contributed by atoms with E-state index in [-0.39, 0.29) is 5.91 Å². The molecule has 8 heteroatoms. The number of carbonyl (C=O) groups excluding carboxylic acids is 2. The third-order valence-corrected chi connectivity index (χ3v) is 4.21. The zero-order valence-electron chi connectivity index (χ0n) is 12.1. The van der Waals surface area contributed by atoms with Crippen molar-refractivity contribution in [3.63, 3.8) is 0 Å². The Bertz CT molecular complexity index is 542. The summed E-state index contributed by atoms with van der Waals surface area (Å²) < 4.78 is 0. The molecule has 0 aliphatic heterocycles. The van der Waals surface area contributed by atoms with Gasteiger partial charge in [0.25, 0.3) is 5.91 Å². The Hall–Kier alpha value is -1.54. The lowest BCUT2D eigenvalue weighted by molar-refractivity contribution is -0.139. The predicted molar refractivity (Wildman–Crippen MR) is 85.2 cm³/mol. The van der Waals surface area contributed by atoms with E-state index in [0.29, 0.717) is 22.7 Å². The van der Waals surface area contributed by atoms with Crippen molar-refractivity contribution >= 4 is 45.9 Å². The van der Waals surface area contributed by atoms with Gasteiger partial charge in [-0.3, -0.25) is 9.59 Å². The number of aliphatic carboxylic acids is 1. The summed E-state index contributed by atoms with van der Waals surface area (Å²) in [7, 11) is 0. The molecular weight excluding hydrogens is 312 g/mol. The summed E-state index contributed by atoms with van der Waals surface area (Å²) in [6, 6.07) is 0.703. The number of carbonyl (C=O) groups is 3. The highest BCUT2D eigenvalue weighted by molar-refractivity contribution is 7.98. The van der Waals surface area contributed by atoms with Crippen LogP contribution in [0.2, 0.25) is 0 Å². The molecule has 0 saturated heterocycles. The van der Waals surface area contributed by atoms with E-state index in [4.69, 9.17) is 5.11 Å². The number of thiophene rings is 1. The molecule has 21 heavy (non-hydrogen) atoms. The van der Waals surface area contributed by atoms with Gasteiger partial charge in [-0.15, -0.1) is 11.3 Å². The number of aryl methyl sites for hydroxylation is 1. The van der Waals surface area contributed by atoms with Gasteiger partial charge in [0.2, 0.25) is 5.91 Å². The highest BCUT2D eigenvalue weighted by atomic mass is 32.2. The Morgan fingerprint density at radius 2 is 2.10 bits per heavy atom. The van der Waals surface area contributed by atoms with Crippen LogP contribution in [-0.4, -0.2) is 40.9 Å². The van der Waals surface area contributed by atoms with Gasteiger partial charge in [-0.05, 0) is 31.4 Å². The van der Waals surface area contributed by atoms with E-state index in [1.165, 1.54) is 30.0 Å². The monoisotopic (exact) mass is 330 g/mol. The fraction of sp³-hybridized carbons (Fsp3) is 0.462. The zero-order chi connectivity index (χ0) is 16.0. The quantitative estimate of drug-likeness (QED) is 0.710. The Labute approximate surface area is 131 Å². The number of nitrogens with one attached hydrogen (secondary N) is 2. The summed E-state index contributed by atoms with van der Waals surface area (Å²) in [5.41, 5.74) is 0.295. The number of carboxylic acid groups (broad SMARTS) is 1. The fourth-order valence-corrected chi connectivity index (χ4v) is 3.09. The van der Waals surface area contributed by atoms with Crippen molar-refractivity contribution < 1.29 is 19.5 Å². The van der Waals surface area contributed by atoms with Gasteiger partial charge in [0.15, 0.2) is 0 Å². The first-order valence-corrected chi connectivity index (χ1v) is 8.46. The molecule has 1 heterocycles. The van der Waals surface area contributed by atoms with E-state index >= 15 is 0 Å². The number of amides is 2. The van der Waals surface area contributed by atoms with Crippen LogP contribution in [0.5, 0.6) is 0 Å². The van der Waals surface area contributed by atoms with Crippen molar-refractivity contribution in [1.29, 1.82) is 0 Å². The summed E-state index contributed by atoms with van der Waals surface area (Å²) in [6.45, 7) is 3.17. The normalized spacial score (nSPS) is 11.8. The number of hydrogen-bond acceptors (Lipinski definition) is 5. The molecule has 1 rings (SSSR count). The second-order valence-corrected chi connectivity index (χ2v) is 6.67. The maximum atomic E-state index is 12.2. The number of hydrogen-bond donors (Lipinski definition) is 3. The molecule has 2 amide bonds. The smallest absolute Gasteiger partial charge is 0.326 e. The summed E-state index contributed by atoms with van der Waals surface area (Å²) >= 11 is 2.80. The van der Waals surface area contributed by atoms with Crippen molar-refractivity contribution in [3.05, 3.63) is 16.5 Å². The number of carboxylic acids is 1. The minimum atomic E-state index is -1.06. The molecule has 0 aromatic carbocycles. The van der Waals surface area contributed by atoms with Gasteiger partial charge in [0.05, 0.1) is 5.56 Å². The van der Waals surface area contributed by atoms with Gasteiger partial charge < -0.3 is 15.7 Å². The summed E-state index contributed by atoms with van der Waals surface area (Å²) in [5.74, 6) is -1.19. The Morgan fingerprint density at radius 3 is 2.62 bits per heavy atom. The minimum Gasteiger partial charge on any atom is -0.480 e. The second kappa shape index (κ2) is 8.04. The molecule has 3 N–H and O–H groups in total. The maximum Gasteiger partial charge on any atom is 0.326 e. The fourth-order valence-electron chi connectivity index (χ4n) is 1.66. The molecule has 0 aliphatic rings. The summed E-state index contributed by atoms with van der Waals surface area (Å²) in [6.07, 6.45) is 2.22. The number of anilines is 1. The molecule has 0 saturated carbocycles. The summed E-state index contributed by atoms with van der Waals surface area (Å²) in [5, 5.41) is 14.6. The highest BCUT2D eigenvalue weighted by Gasteiger charge is 2.23. The van der Waals surface area contributed by atoms with Gasteiger partial charge in [0, 0.05) is 11.8 Å². The standard InChI is InChI=1S/C13H18N2O4S2/c1-7-6-9(12(21-7)14-8(2)16)11(17)15-10(13(18)19)4-5-20-3/h6,10H,4-5H2,1-3H3,(H,14,16)(H,15,17)(H,18,19). The molecule has 116 valence electrons. The van der Waals surface area contributed by atoms with E-state index in [9.17, 15) is 14.4 Å². The van der Waals surface area contributed by atoms with E-state index in [2.05, 4.69) is 10.6 Å². The van der Waals surface area contributed by atoms with Crippen LogP contribution in [0.15, 0.2) is 6.07 Å². The second-order valence-electron chi connectivity index (χ2n) is 4.43. The van der Waals surface area contributed by atoms with Crippen LogP contribution < -0.4 is 10.6 Å². The van der Waals surface area contributed by atoms with Crippen molar-refractivity contribution in [1.82, 2.24) is 5.32 Å². The van der Waals surface area contributed by atoms with Crippen LogP contribution in [0.3, 0.4) is 0 Å². The Balaban J connectivity index is 2.86. The first-order valence-electron chi connectivity index (χ1n) is 6.25. The zero-order valence-corrected chi connectivity index (χ0v) is 13.7. The Kier molecular flexibility index (Phi) is 6.70.